The summed E-state index contributed by atoms with van der Waals surface area (Å²) in [5.74, 6) is 2.07. The van der Waals surface area contributed by atoms with Crippen molar-refractivity contribution in [3.05, 3.63) is 29.8 Å². The van der Waals surface area contributed by atoms with E-state index in [-0.39, 0.29) is 0 Å². The van der Waals surface area contributed by atoms with Crippen LogP contribution in [0, 0.1) is 0 Å². The van der Waals surface area contributed by atoms with Gasteiger partial charge in [-0.05, 0) is 36.3 Å². The van der Waals surface area contributed by atoms with Crippen LogP contribution >= 0.6 is 11.8 Å². The highest BCUT2D eigenvalue weighted by Gasteiger charge is 2.15. The second kappa shape index (κ2) is 7.02. The van der Waals surface area contributed by atoms with Crippen molar-refractivity contribution in [3.63, 3.8) is 0 Å². The summed E-state index contributed by atoms with van der Waals surface area (Å²) in [7, 11) is 1.64. The van der Waals surface area contributed by atoms with Gasteiger partial charge in [0.05, 0.1) is 13.2 Å². The molecule has 1 fully saturated rings. The Morgan fingerprint density at radius 1 is 1.56 bits per heavy atom. The van der Waals surface area contributed by atoms with Crippen LogP contribution in [0.1, 0.15) is 24.5 Å². The molecule has 100 valence electrons. The third-order valence-electron chi connectivity index (χ3n) is 3.21. The molecule has 2 atom stereocenters. The predicted octanol–water partition coefficient (Wildman–Crippen LogP) is 2.21. The Bertz CT molecular complexity index is 367. The number of ether oxygens (including phenoxy) is 1. The summed E-state index contributed by atoms with van der Waals surface area (Å²) in [6, 6.07) is 7.61. The monoisotopic (exact) mass is 267 g/mol. The van der Waals surface area contributed by atoms with Crippen molar-refractivity contribution in [2.45, 2.75) is 24.2 Å². The first-order valence-electron chi connectivity index (χ1n) is 6.44. The number of methoxy groups -OCH3 is 1. The molecule has 4 heteroatoms. The molecule has 1 aromatic rings. The minimum absolute atomic E-state index is 0.466. The molecule has 1 aliphatic heterocycles. The van der Waals surface area contributed by atoms with Gasteiger partial charge in [-0.15, -0.1) is 0 Å². The van der Waals surface area contributed by atoms with Gasteiger partial charge in [-0.25, -0.2) is 0 Å². The van der Waals surface area contributed by atoms with Gasteiger partial charge in [0.1, 0.15) is 5.75 Å². The van der Waals surface area contributed by atoms with Crippen molar-refractivity contribution >= 4 is 11.8 Å². The summed E-state index contributed by atoms with van der Waals surface area (Å²) in [4.78, 5) is 0. The van der Waals surface area contributed by atoms with E-state index in [9.17, 15) is 5.11 Å². The van der Waals surface area contributed by atoms with Gasteiger partial charge in [0, 0.05) is 18.3 Å². The van der Waals surface area contributed by atoms with Gasteiger partial charge in [-0.2, -0.15) is 11.8 Å². The lowest BCUT2D eigenvalue weighted by atomic mass is 10.1. The van der Waals surface area contributed by atoms with Crippen LogP contribution in [-0.2, 0) is 0 Å². The zero-order chi connectivity index (χ0) is 12.8. The molecule has 1 saturated heterocycles. The highest BCUT2D eigenvalue weighted by atomic mass is 32.2. The topological polar surface area (TPSA) is 41.5 Å². The first kappa shape index (κ1) is 13.7. The zero-order valence-corrected chi connectivity index (χ0v) is 11.6. The van der Waals surface area contributed by atoms with E-state index >= 15 is 0 Å². The third kappa shape index (κ3) is 3.90. The van der Waals surface area contributed by atoms with Crippen molar-refractivity contribution in [2.75, 3.05) is 26.0 Å². The summed E-state index contributed by atoms with van der Waals surface area (Å²) < 4.78 is 5.16. The van der Waals surface area contributed by atoms with E-state index in [1.165, 1.54) is 18.6 Å². The van der Waals surface area contributed by atoms with Gasteiger partial charge >= 0.3 is 0 Å². The van der Waals surface area contributed by atoms with Gasteiger partial charge in [-0.3, -0.25) is 0 Å². The van der Waals surface area contributed by atoms with Crippen LogP contribution in [0.15, 0.2) is 24.3 Å². The maximum Gasteiger partial charge on any atom is 0.119 e. The molecule has 0 aromatic heterocycles. The number of nitrogens with one attached hydrogen (secondary N) is 1. The minimum Gasteiger partial charge on any atom is -0.497 e. The molecular formula is C14H21NO2S. The minimum atomic E-state index is -0.466. The Balaban J connectivity index is 1.77. The van der Waals surface area contributed by atoms with E-state index in [4.69, 9.17) is 4.74 Å². The third-order valence-corrected chi connectivity index (χ3v) is 4.61. The van der Waals surface area contributed by atoms with Crippen molar-refractivity contribution in [2.24, 2.45) is 0 Å². The van der Waals surface area contributed by atoms with Crippen LogP contribution < -0.4 is 10.1 Å². The lowest BCUT2D eigenvalue weighted by Crippen LogP contribution is -2.27. The Hall–Kier alpha value is -0.710. The lowest BCUT2D eigenvalue weighted by molar-refractivity contribution is 0.174. The summed E-state index contributed by atoms with van der Waals surface area (Å²) in [5, 5.41) is 14.2. The Labute approximate surface area is 113 Å². The first-order valence-corrected chi connectivity index (χ1v) is 7.49. The molecule has 2 rings (SSSR count). The standard InChI is InChI=1S/C14H21NO2S/c1-17-12-5-2-4-11(8-12)14(16)10-15-9-13-6-3-7-18-13/h2,4-5,8,13-16H,3,6-7,9-10H2,1H3. The van der Waals surface area contributed by atoms with Gasteiger partial charge in [0.25, 0.3) is 0 Å². The molecule has 1 aliphatic rings. The van der Waals surface area contributed by atoms with Crippen LogP contribution in [-0.4, -0.2) is 36.3 Å². The second-order valence-corrected chi connectivity index (χ2v) is 5.99. The molecule has 0 amide bonds. The maximum absolute atomic E-state index is 10.1. The van der Waals surface area contributed by atoms with Gasteiger partial charge in [-0.1, -0.05) is 12.1 Å². The second-order valence-electron chi connectivity index (χ2n) is 4.59. The molecule has 0 spiro atoms. The van der Waals surface area contributed by atoms with Gasteiger partial charge in [0.2, 0.25) is 0 Å². The Kier molecular flexibility index (Phi) is 5.35. The van der Waals surface area contributed by atoms with Crippen molar-refractivity contribution in [1.29, 1.82) is 0 Å². The molecule has 1 aromatic carbocycles. The van der Waals surface area contributed by atoms with Crippen LogP contribution in [0.25, 0.3) is 0 Å². The molecule has 0 radical (unpaired) electrons. The molecule has 18 heavy (non-hydrogen) atoms. The van der Waals surface area contributed by atoms with Crippen molar-refractivity contribution in [1.82, 2.24) is 5.32 Å². The van der Waals surface area contributed by atoms with Crippen molar-refractivity contribution < 1.29 is 9.84 Å². The summed E-state index contributed by atoms with van der Waals surface area (Å²) >= 11 is 2.03. The SMILES string of the molecule is COc1cccc(C(O)CNCC2CCCS2)c1. The number of aliphatic hydroxyl groups excluding tert-OH is 1. The number of hydrogen-bond acceptors (Lipinski definition) is 4. The number of hydrogen-bond donors (Lipinski definition) is 2. The predicted molar refractivity (Wildman–Crippen MR) is 76.3 cm³/mol. The molecule has 2 unspecified atom stereocenters. The van der Waals surface area contributed by atoms with E-state index in [1.807, 2.05) is 36.0 Å². The summed E-state index contributed by atoms with van der Waals surface area (Å²) in [6.45, 7) is 1.59. The van der Waals surface area contributed by atoms with Crippen LogP contribution in [0.3, 0.4) is 0 Å². The first-order chi connectivity index (χ1) is 8.79. The smallest absolute Gasteiger partial charge is 0.119 e. The van der Waals surface area contributed by atoms with Crippen LogP contribution in [0.4, 0.5) is 0 Å². The fourth-order valence-electron chi connectivity index (χ4n) is 2.15. The molecule has 3 nitrogen and oxygen atoms in total. The Morgan fingerprint density at radius 3 is 3.17 bits per heavy atom. The highest BCUT2D eigenvalue weighted by Crippen LogP contribution is 2.25. The van der Waals surface area contributed by atoms with Crippen LogP contribution in [0.2, 0.25) is 0 Å². The molecule has 0 saturated carbocycles. The van der Waals surface area contributed by atoms with Crippen LogP contribution in [0.5, 0.6) is 5.75 Å². The lowest BCUT2D eigenvalue weighted by Gasteiger charge is -2.15. The summed E-state index contributed by atoms with van der Waals surface area (Å²) in [5.41, 5.74) is 0.904. The zero-order valence-electron chi connectivity index (χ0n) is 10.8. The molecule has 1 heterocycles. The number of benzene rings is 1. The summed E-state index contributed by atoms with van der Waals surface area (Å²) in [6.07, 6.45) is 2.16. The molecule has 2 N–H and O–H groups in total. The average molecular weight is 267 g/mol. The Morgan fingerprint density at radius 2 is 2.44 bits per heavy atom. The fourth-order valence-corrected chi connectivity index (χ4v) is 3.39. The number of aliphatic hydroxyl groups is 1. The number of rotatable bonds is 6. The highest BCUT2D eigenvalue weighted by molar-refractivity contribution is 8.00. The van der Waals surface area contributed by atoms with Gasteiger partial charge in [0.15, 0.2) is 0 Å². The maximum atomic E-state index is 10.1. The van der Waals surface area contributed by atoms with E-state index in [0.717, 1.165) is 23.1 Å². The van der Waals surface area contributed by atoms with E-state index in [1.54, 1.807) is 7.11 Å². The fraction of sp³-hybridized carbons (Fsp3) is 0.571. The molecule has 0 bridgehead atoms. The quantitative estimate of drug-likeness (QED) is 0.829. The average Bonchev–Trinajstić information content (AvgIpc) is 2.92. The normalized spacial score (nSPS) is 20.9. The molecular weight excluding hydrogens is 246 g/mol. The van der Waals surface area contributed by atoms with E-state index < -0.39 is 6.10 Å². The number of thioether (sulfide) groups is 1. The van der Waals surface area contributed by atoms with E-state index in [2.05, 4.69) is 5.32 Å². The van der Waals surface area contributed by atoms with E-state index in [0.29, 0.717) is 6.54 Å². The van der Waals surface area contributed by atoms with Crippen molar-refractivity contribution in [3.8, 4) is 5.75 Å². The largest absolute Gasteiger partial charge is 0.497 e. The van der Waals surface area contributed by atoms with Gasteiger partial charge < -0.3 is 15.2 Å². The molecule has 0 aliphatic carbocycles.